The standard InChI is InChI=1S/C12H14N4O3S/c1-6-7(2)20-12(15-6)16-9(17)8-10(18-3)13-5-14-11(8)19-4/h5H,1-4H3,(H,15,16,17). The van der Waals surface area contributed by atoms with Gasteiger partial charge in [-0.05, 0) is 13.8 Å². The molecule has 7 nitrogen and oxygen atoms in total. The highest BCUT2D eigenvalue weighted by Crippen LogP contribution is 2.26. The topological polar surface area (TPSA) is 86.2 Å². The van der Waals surface area contributed by atoms with Gasteiger partial charge in [0.1, 0.15) is 6.33 Å². The van der Waals surface area contributed by atoms with E-state index in [0.717, 1.165) is 10.6 Å². The first-order chi connectivity index (χ1) is 9.56. The minimum atomic E-state index is -0.423. The second-order valence-electron chi connectivity index (χ2n) is 3.88. The van der Waals surface area contributed by atoms with Crippen LogP contribution in [-0.2, 0) is 0 Å². The molecule has 8 heteroatoms. The van der Waals surface area contributed by atoms with Crippen LogP contribution in [0.3, 0.4) is 0 Å². The van der Waals surface area contributed by atoms with E-state index in [9.17, 15) is 4.79 Å². The lowest BCUT2D eigenvalue weighted by Gasteiger charge is -2.09. The van der Waals surface area contributed by atoms with Crippen LogP contribution in [0.2, 0.25) is 0 Å². The van der Waals surface area contributed by atoms with Gasteiger partial charge < -0.3 is 9.47 Å². The summed E-state index contributed by atoms with van der Waals surface area (Å²) in [6.45, 7) is 3.82. The number of nitrogens with one attached hydrogen (secondary N) is 1. The highest BCUT2D eigenvalue weighted by molar-refractivity contribution is 7.15. The van der Waals surface area contributed by atoms with Gasteiger partial charge in [0.15, 0.2) is 10.7 Å². The summed E-state index contributed by atoms with van der Waals surface area (Å²) in [5, 5.41) is 3.21. The average molecular weight is 294 g/mol. The van der Waals surface area contributed by atoms with E-state index in [2.05, 4.69) is 20.3 Å². The number of hydrogen-bond acceptors (Lipinski definition) is 7. The zero-order chi connectivity index (χ0) is 14.7. The van der Waals surface area contributed by atoms with E-state index in [1.54, 1.807) is 0 Å². The van der Waals surface area contributed by atoms with E-state index >= 15 is 0 Å². The summed E-state index contributed by atoms with van der Waals surface area (Å²) in [6.07, 6.45) is 1.27. The van der Waals surface area contributed by atoms with Gasteiger partial charge in [-0.2, -0.15) is 0 Å². The van der Waals surface area contributed by atoms with Crippen molar-refractivity contribution in [1.29, 1.82) is 0 Å². The monoisotopic (exact) mass is 294 g/mol. The third kappa shape index (κ3) is 2.69. The van der Waals surface area contributed by atoms with Crippen LogP contribution < -0.4 is 14.8 Å². The SMILES string of the molecule is COc1ncnc(OC)c1C(=O)Nc1nc(C)c(C)s1. The van der Waals surface area contributed by atoms with E-state index < -0.39 is 5.91 Å². The van der Waals surface area contributed by atoms with Crippen molar-refractivity contribution in [1.82, 2.24) is 15.0 Å². The third-order valence-electron chi connectivity index (χ3n) is 2.64. The summed E-state index contributed by atoms with van der Waals surface area (Å²) < 4.78 is 10.1. The molecule has 0 aliphatic carbocycles. The van der Waals surface area contributed by atoms with Crippen LogP contribution in [0.4, 0.5) is 5.13 Å². The molecule has 0 fully saturated rings. The van der Waals surface area contributed by atoms with Gasteiger partial charge >= 0.3 is 0 Å². The Morgan fingerprint density at radius 3 is 2.25 bits per heavy atom. The first-order valence-electron chi connectivity index (χ1n) is 5.75. The van der Waals surface area contributed by atoms with Crippen LogP contribution in [0.15, 0.2) is 6.33 Å². The van der Waals surface area contributed by atoms with Crippen molar-refractivity contribution in [3.8, 4) is 11.8 Å². The maximum Gasteiger partial charge on any atom is 0.268 e. The van der Waals surface area contributed by atoms with E-state index in [1.807, 2.05) is 13.8 Å². The van der Waals surface area contributed by atoms with Crippen LogP contribution in [0.1, 0.15) is 20.9 Å². The summed E-state index contributed by atoms with van der Waals surface area (Å²) in [4.78, 5) is 25.4. The third-order valence-corrected chi connectivity index (χ3v) is 3.63. The van der Waals surface area contributed by atoms with E-state index in [0.29, 0.717) is 5.13 Å². The molecule has 0 aliphatic rings. The van der Waals surface area contributed by atoms with Gasteiger partial charge in [0.05, 0.1) is 19.9 Å². The minimum absolute atomic E-state index is 0.142. The molecule has 2 rings (SSSR count). The second-order valence-corrected chi connectivity index (χ2v) is 5.09. The van der Waals surface area contributed by atoms with Crippen LogP contribution in [0.5, 0.6) is 11.8 Å². The Kier molecular flexibility index (Phi) is 4.14. The molecule has 2 aromatic heterocycles. The number of aryl methyl sites for hydroxylation is 2. The number of carbonyl (C=O) groups is 1. The summed E-state index contributed by atoms with van der Waals surface area (Å²) in [6, 6.07) is 0. The summed E-state index contributed by atoms with van der Waals surface area (Å²) in [5.41, 5.74) is 1.02. The fourth-order valence-corrected chi connectivity index (χ4v) is 2.35. The molecule has 0 saturated carbocycles. The fraction of sp³-hybridized carbons (Fsp3) is 0.333. The summed E-state index contributed by atoms with van der Waals surface area (Å²) >= 11 is 1.40. The van der Waals surface area contributed by atoms with Crippen LogP contribution >= 0.6 is 11.3 Å². The number of aromatic nitrogens is 3. The van der Waals surface area contributed by atoms with Gasteiger partial charge in [-0.3, -0.25) is 10.1 Å². The number of hydrogen-bond donors (Lipinski definition) is 1. The molecular formula is C12H14N4O3S. The Balaban J connectivity index is 2.33. The number of thiazole rings is 1. The van der Waals surface area contributed by atoms with Crippen molar-refractivity contribution in [2.24, 2.45) is 0 Å². The molecule has 2 aromatic rings. The lowest BCUT2D eigenvalue weighted by molar-refractivity contribution is 0.101. The Hall–Kier alpha value is -2.22. The molecule has 1 N–H and O–H groups in total. The Labute approximate surface area is 120 Å². The molecule has 0 aliphatic heterocycles. The second kappa shape index (κ2) is 5.83. The smallest absolute Gasteiger partial charge is 0.268 e. The molecule has 0 atom stereocenters. The Morgan fingerprint density at radius 2 is 1.80 bits per heavy atom. The molecule has 0 radical (unpaired) electrons. The lowest BCUT2D eigenvalue weighted by atomic mass is 10.3. The molecule has 106 valence electrons. The van der Waals surface area contributed by atoms with Crippen LogP contribution in [0.25, 0.3) is 0 Å². The van der Waals surface area contributed by atoms with Crippen molar-refractivity contribution in [3.63, 3.8) is 0 Å². The molecular weight excluding hydrogens is 280 g/mol. The van der Waals surface area contributed by atoms with Gasteiger partial charge in [-0.1, -0.05) is 0 Å². The number of anilines is 1. The normalized spacial score (nSPS) is 10.2. The minimum Gasteiger partial charge on any atom is -0.480 e. The summed E-state index contributed by atoms with van der Waals surface area (Å²) in [7, 11) is 2.85. The van der Waals surface area contributed by atoms with Crippen LogP contribution in [-0.4, -0.2) is 35.1 Å². The molecule has 0 bridgehead atoms. The van der Waals surface area contributed by atoms with Crippen molar-refractivity contribution in [3.05, 3.63) is 22.5 Å². The van der Waals surface area contributed by atoms with Gasteiger partial charge in [0.25, 0.3) is 5.91 Å². The average Bonchev–Trinajstić information content (AvgIpc) is 2.75. The van der Waals surface area contributed by atoms with Crippen molar-refractivity contribution < 1.29 is 14.3 Å². The molecule has 0 aromatic carbocycles. The van der Waals surface area contributed by atoms with Crippen molar-refractivity contribution in [2.75, 3.05) is 19.5 Å². The highest BCUT2D eigenvalue weighted by Gasteiger charge is 2.22. The van der Waals surface area contributed by atoms with E-state index in [1.165, 1.54) is 31.9 Å². The van der Waals surface area contributed by atoms with Crippen molar-refractivity contribution >= 4 is 22.4 Å². The van der Waals surface area contributed by atoms with E-state index in [4.69, 9.17) is 9.47 Å². The Morgan fingerprint density at radius 1 is 1.20 bits per heavy atom. The van der Waals surface area contributed by atoms with E-state index in [-0.39, 0.29) is 17.3 Å². The lowest BCUT2D eigenvalue weighted by Crippen LogP contribution is -2.16. The largest absolute Gasteiger partial charge is 0.480 e. The van der Waals surface area contributed by atoms with Gasteiger partial charge in [0, 0.05) is 4.88 Å². The maximum atomic E-state index is 12.3. The number of rotatable bonds is 4. The molecule has 2 heterocycles. The molecule has 0 saturated heterocycles. The predicted octanol–water partition coefficient (Wildman–Crippen LogP) is 1.82. The number of nitrogens with zero attached hydrogens (tertiary/aromatic N) is 3. The quantitative estimate of drug-likeness (QED) is 0.925. The predicted molar refractivity (Wildman–Crippen MR) is 74.7 cm³/mol. The zero-order valence-electron chi connectivity index (χ0n) is 11.6. The van der Waals surface area contributed by atoms with Crippen molar-refractivity contribution in [2.45, 2.75) is 13.8 Å². The Bertz CT molecular complexity index is 600. The first-order valence-corrected chi connectivity index (χ1v) is 6.56. The van der Waals surface area contributed by atoms with Crippen LogP contribution in [0, 0.1) is 13.8 Å². The van der Waals surface area contributed by atoms with Gasteiger partial charge in [-0.15, -0.1) is 11.3 Å². The maximum absolute atomic E-state index is 12.3. The number of methoxy groups -OCH3 is 2. The molecule has 0 unspecified atom stereocenters. The molecule has 0 spiro atoms. The number of ether oxygens (including phenoxy) is 2. The summed E-state index contributed by atoms with van der Waals surface area (Å²) in [5.74, 6) is -0.119. The number of amides is 1. The highest BCUT2D eigenvalue weighted by atomic mass is 32.1. The zero-order valence-corrected chi connectivity index (χ0v) is 12.4. The first kappa shape index (κ1) is 14.2. The van der Waals surface area contributed by atoms with Gasteiger partial charge in [-0.25, -0.2) is 15.0 Å². The molecule has 20 heavy (non-hydrogen) atoms. The molecule has 1 amide bonds. The van der Waals surface area contributed by atoms with Gasteiger partial charge in [0.2, 0.25) is 11.8 Å². The fourth-order valence-electron chi connectivity index (χ4n) is 1.54. The number of carbonyl (C=O) groups excluding carboxylic acids is 1.